The first-order valence-corrected chi connectivity index (χ1v) is 7.77. The number of carbonyl (C=O) groups is 2. The Hall–Kier alpha value is -2.04. The molecular formula is C17H21NO4. The van der Waals surface area contributed by atoms with Crippen LogP contribution in [-0.4, -0.2) is 35.5 Å². The predicted octanol–water partition coefficient (Wildman–Crippen LogP) is 2.08. The number of nitrogens with zero attached hydrogens (tertiary/aromatic N) is 1. The minimum atomic E-state index is -0.835. The summed E-state index contributed by atoms with van der Waals surface area (Å²) >= 11 is 0. The lowest BCUT2D eigenvalue weighted by Crippen LogP contribution is -2.42. The molecular weight excluding hydrogens is 282 g/mol. The van der Waals surface area contributed by atoms with E-state index in [-0.39, 0.29) is 11.8 Å². The van der Waals surface area contributed by atoms with Crippen LogP contribution in [0.3, 0.4) is 0 Å². The van der Waals surface area contributed by atoms with Crippen LogP contribution in [0.15, 0.2) is 18.2 Å². The molecule has 0 radical (unpaired) electrons. The van der Waals surface area contributed by atoms with Gasteiger partial charge in [-0.3, -0.25) is 9.59 Å². The maximum atomic E-state index is 12.7. The van der Waals surface area contributed by atoms with Crippen LogP contribution in [0.4, 0.5) is 0 Å². The first-order valence-electron chi connectivity index (χ1n) is 7.77. The van der Waals surface area contributed by atoms with Gasteiger partial charge in [0.2, 0.25) is 5.91 Å². The lowest BCUT2D eigenvalue weighted by atomic mass is 9.92. The van der Waals surface area contributed by atoms with Crippen LogP contribution in [0, 0.1) is 11.8 Å². The molecule has 1 aromatic rings. The molecule has 2 atom stereocenters. The molecule has 0 unspecified atom stereocenters. The van der Waals surface area contributed by atoms with Gasteiger partial charge in [0, 0.05) is 13.1 Å². The van der Waals surface area contributed by atoms with Gasteiger partial charge in [0.1, 0.15) is 5.75 Å². The topological polar surface area (TPSA) is 66.8 Å². The fraction of sp³-hybridized carbons (Fsp3) is 0.529. The third-order valence-electron chi connectivity index (χ3n) is 4.89. The maximum absolute atomic E-state index is 12.7. The van der Waals surface area contributed by atoms with Crippen molar-refractivity contribution in [3.05, 3.63) is 29.3 Å². The Bertz CT molecular complexity index is 598. The Labute approximate surface area is 129 Å². The monoisotopic (exact) mass is 303 g/mol. The normalized spacial score (nSPS) is 24.0. The van der Waals surface area contributed by atoms with E-state index in [0.29, 0.717) is 25.9 Å². The average molecular weight is 303 g/mol. The van der Waals surface area contributed by atoms with Crippen LogP contribution < -0.4 is 4.74 Å². The molecule has 118 valence electrons. The molecule has 0 saturated heterocycles. The molecule has 1 amide bonds. The van der Waals surface area contributed by atoms with Gasteiger partial charge in [0.25, 0.3) is 0 Å². The highest BCUT2D eigenvalue weighted by Crippen LogP contribution is 2.34. The number of rotatable bonds is 3. The Morgan fingerprint density at radius 3 is 2.73 bits per heavy atom. The molecule has 1 aliphatic carbocycles. The number of amides is 1. The zero-order valence-electron chi connectivity index (χ0n) is 12.7. The van der Waals surface area contributed by atoms with E-state index >= 15 is 0 Å². The van der Waals surface area contributed by atoms with E-state index in [4.69, 9.17) is 4.74 Å². The molecule has 3 rings (SSSR count). The number of carboxylic acids is 1. The molecule has 1 heterocycles. The number of fused-ring (bicyclic) bond motifs is 1. The highest BCUT2D eigenvalue weighted by atomic mass is 16.5. The molecule has 5 nitrogen and oxygen atoms in total. The van der Waals surface area contributed by atoms with E-state index in [0.717, 1.165) is 24.2 Å². The summed E-state index contributed by atoms with van der Waals surface area (Å²) < 4.78 is 5.23. The van der Waals surface area contributed by atoms with Crippen molar-refractivity contribution in [3.63, 3.8) is 0 Å². The zero-order chi connectivity index (χ0) is 15.7. The van der Waals surface area contributed by atoms with Gasteiger partial charge in [0.05, 0.1) is 18.9 Å². The van der Waals surface area contributed by atoms with Gasteiger partial charge >= 0.3 is 5.97 Å². The Morgan fingerprint density at radius 2 is 2.00 bits per heavy atom. The Kier molecular flexibility index (Phi) is 4.05. The number of hydrogen-bond acceptors (Lipinski definition) is 3. The van der Waals surface area contributed by atoms with Gasteiger partial charge in [-0.25, -0.2) is 0 Å². The first-order chi connectivity index (χ1) is 10.6. The molecule has 0 aromatic heterocycles. The van der Waals surface area contributed by atoms with Crippen molar-refractivity contribution in [2.45, 2.75) is 32.2 Å². The first kappa shape index (κ1) is 14.9. The van der Waals surface area contributed by atoms with E-state index in [1.54, 1.807) is 7.11 Å². The van der Waals surface area contributed by atoms with E-state index in [1.165, 1.54) is 5.56 Å². The van der Waals surface area contributed by atoms with Gasteiger partial charge < -0.3 is 14.7 Å². The molecule has 0 spiro atoms. The second-order valence-corrected chi connectivity index (χ2v) is 6.13. The SMILES string of the molecule is COc1ccc2c(c1)CCN(C(=O)[C@@H]1CCC[C@@H]1C(=O)O)C2. The Morgan fingerprint density at radius 1 is 1.23 bits per heavy atom. The van der Waals surface area contributed by atoms with Gasteiger partial charge in [-0.15, -0.1) is 0 Å². The van der Waals surface area contributed by atoms with E-state index in [9.17, 15) is 14.7 Å². The summed E-state index contributed by atoms with van der Waals surface area (Å²) in [5, 5.41) is 9.26. The molecule has 1 N–H and O–H groups in total. The van der Waals surface area contributed by atoms with Gasteiger partial charge in [-0.05, 0) is 42.5 Å². The maximum Gasteiger partial charge on any atom is 0.307 e. The molecule has 1 fully saturated rings. The van der Waals surface area contributed by atoms with Gasteiger partial charge in [-0.1, -0.05) is 12.5 Å². The minimum absolute atomic E-state index is 0.00590. The van der Waals surface area contributed by atoms with Gasteiger partial charge in [-0.2, -0.15) is 0 Å². The number of ether oxygens (including phenoxy) is 1. The fourth-order valence-corrected chi connectivity index (χ4v) is 3.63. The lowest BCUT2D eigenvalue weighted by Gasteiger charge is -2.32. The summed E-state index contributed by atoms with van der Waals surface area (Å²) in [6.07, 6.45) is 2.94. The number of hydrogen-bond donors (Lipinski definition) is 1. The molecule has 22 heavy (non-hydrogen) atoms. The van der Waals surface area contributed by atoms with Crippen LogP contribution >= 0.6 is 0 Å². The number of carbonyl (C=O) groups excluding carboxylic acids is 1. The average Bonchev–Trinajstić information content (AvgIpc) is 3.03. The van der Waals surface area contributed by atoms with Crippen molar-refractivity contribution in [2.75, 3.05) is 13.7 Å². The Balaban J connectivity index is 1.74. The van der Waals surface area contributed by atoms with Crippen molar-refractivity contribution in [2.24, 2.45) is 11.8 Å². The summed E-state index contributed by atoms with van der Waals surface area (Å²) in [5.41, 5.74) is 2.34. The standard InChI is InChI=1S/C17H21NO4/c1-22-13-6-5-12-10-18(8-7-11(12)9-13)16(19)14-3-2-4-15(14)17(20)21/h5-6,9,14-15H,2-4,7-8,10H2,1H3,(H,20,21)/t14-,15+/m1/s1. The van der Waals surface area contributed by atoms with Crippen molar-refractivity contribution < 1.29 is 19.4 Å². The number of carboxylic acid groups (broad SMARTS) is 1. The fourth-order valence-electron chi connectivity index (χ4n) is 3.63. The summed E-state index contributed by atoms with van der Waals surface area (Å²) in [6, 6.07) is 5.92. The highest BCUT2D eigenvalue weighted by molar-refractivity contribution is 5.85. The lowest BCUT2D eigenvalue weighted by molar-refractivity contribution is -0.149. The predicted molar refractivity (Wildman–Crippen MR) is 80.6 cm³/mol. The van der Waals surface area contributed by atoms with Crippen molar-refractivity contribution >= 4 is 11.9 Å². The van der Waals surface area contributed by atoms with Gasteiger partial charge in [0.15, 0.2) is 0 Å². The third kappa shape index (κ3) is 2.67. The summed E-state index contributed by atoms with van der Waals surface area (Å²) in [4.78, 5) is 25.8. The second-order valence-electron chi connectivity index (χ2n) is 6.13. The second kappa shape index (κ2) is 5.99. The highest BCUT2D eigenvalue weighted by Gasteiger charge is 2.40. The number of aliphatic carboxylic acids is 1. The van der Waals surface area contributed by atoms with Crippen LogP contribution in [0.25, 0.3) is 0 Å². The smallest absolute Gasteiger partial charge is 0.307 e. The van der Waals surface area contributed by atoms with Crippen molar-refractivity contribution in [1.82, 2.24) is 4.90 Å². The molecule has 0 bridgehead atoms. The van der Waals surface area contributed by atoms with Crippen LogP contribution in [0.5, 0.6) is 5.75 Å². The largest absolute Gasteiger partial charge is 0.497 e. The molecule has 1 saturated carbocycles. The third-order valence-corrected chi connectivity index (χ3v) is 4.89. The molecule has 2 aliphatic rings. The number of benzene rings is 1. The molecule has 5 heteroatoms. The van der Waals surface area contributed by atoms with E-state index in [1.807, 2.05) is 23.1 Å². The van der Waals surface area contributed by atoms with Crippen LogP contribution in [0.1, 0.15) is 30.4 Å². The van der Waals surface area contributed by atoms with Crippen LogP contribution in [-0.2, 0) is 22.6 Å². The summed E-state index contributed by atoms with van der Waals surface area (Å²) in [5.74, 6) is -0.855. The molecule has 1 aliphatic heterocycles. The van der Waals surface area contributed by atoms with E-state index < -0.39 is 11.9 Å². The number of methoxy groups -OCH3 is 1. The van der Waals surface area contributed by atoms with Crippen molar-refractivity contribution in [1.29, 1.82) is 0 Å². The minimum Gasteiger partial charge on any atom is -0.497 e. The van der Waals surface area contributed by atoms with Crippen molar-refractivity contribution in [3.8, 4) is 5.75 Å². The summed E-state index contributed by atoms with van der Waals surface area (Å²) in [6.45, 7) is 1.23. The van der Waals surface area contributed by atoms with Crippen LogP contribution in [0.2, 0.25) is 0 Å². The van der Waals surface area contributed by atoms with E-state index in [2.05, 4.69) is 0 Å². The summed E-state index contributed by atoms with van der Waals surface area (Å²) in [7, 11) is 1.65. The quantitative estimate of drug-likeness (QED) is 0.928. The zero-order valence-corrected chi connectivity index (χ0v) is 12.7. The molecule has 1 aromatic carbocycles.